The molecular weight excluding hydrogens is 376 g/mol. The van der Waals surface area contributed by atoms with Crippen LogP contribution in [0.25, 0.3) is 0 Å². The largest absolute Gasteiger partial charge is 0.481 e. The Balaban J connectivity index is 1.92. The molecule has 0 saturated carbocycles. The number of hydrogen-bond acceptors (Lipinski definition) is 2. The first-order valence-electron chi connectivity index (χ1n) is 11.0. The van der Waals surface area contributed by atoms with E-state index in [0.717, 1.165) is 56.1 Å². The quantitative estimate of drug-likeness (QED) is 0.346. The molecule has 0 amide bonds. The van der Waals surface area contributed by atoms with Gasteiger partial charge in [0.2, 0.25) is 0 Å². The van der Waals surface area contributed by atoms with E-state index in [1.807, 2.05) is 60.7 Å². The first kappa shape index (κ1) is 23.7. The number of rotatable bonds is 15. The molecule has 0 unspecified atom stereocenters. The Morgan fingerprint density at radius 1 is 0.633 bits per heavy atom. The maximum Gasteiger partial charge on any atom is 0.310 e. The summed E-state index contributed by atoms with van der Waals surface area (Å²) in [7, 11) is 0. The molecule has 2 aromatic carbocycles. The minimum atomic E-state index is -0.801. The maximum absolute atomic E-state index is 12.5. The topological polar surface area (TPSA) is 74.6 Å². The summed E-state index contributed by atoms with van der Waals surface area (Å²) in [4.78, 5) is 23.0. The van der Waals surface area contributed by atoms with E-state index in [1.165, 1.54) is 0 Å². The van der Waals surface area contributed by atoms with Crippen LogP contribution in [0.2, 0.25) is 0 Å². The van der Waals surface area contributed by atoms with Crippen molar-refractivity contribution in [3.05, 3.63) is 71.8 Å². The summed E-state index contributed by atoms with van der Waals surface area (Å²) < 4.78 is 0. The predicted octanol–water partition coefficient (Wildman–Crippen LogP) is 6.14. The van der Waals surface area contributed by atoms with Crippen LogP contribution >= 0.6 is 0 Å². The lowest BCUT2D eigenvalue weighted by Crippen LogP contribution is -2.36. The average molecular weight is 411 g/mol. The predicted molar refractivity (Wildman–Crippen MR) is 120 cm³/mol. The second-order valence-electron chi connectivity index (χ2n) is 8.28. The molecule has 30 heavy (non-hydrogen) atoms. The summed E-state index contributed by atoms with van der Waals surface area (Å²) in [5.74, 6) is -1.44. The first-order valence-corrected chi connectivity index (χ1v) is 11.0. The molecule has 2 rings (SSSR count). The molecule has 4 nitrogen and oxygen atoms in total. The summed E-state index contributed by atoms with van der Waals surface area (Å²) in [6.07, 6.45) is 8.77. The molecule has 0 saturated heterocycles. The van der Waals surface area contributed by atoms with Crippen molar-refractivity contribution < 1.29 is 19.8 Å². The Bertz CT molecular complexity index is 714. The van der Waals surface area contributed by atoms with E-state index in [0.29, 0.717) is 19.3 Å². The fourth-order valence-electron chi connectivity index (χ4n) is 4.09. The number of hydrogen-bond donors (Lipinski definition) is 2. The number of benzene rings is 2. The summed E-state index contributed by atoms with van der Waals surface area (Å²) in [5, 5.41) is 18.9. The Morgan fingerprint density at radius 2 is 1.07 bits per heavy atom. The van der Waals surface area contributed by atoms with E-state index in [-0.39, 0.29) is 6.42 Å². The SMILES string of the molecule is O=C(O)CCCCCCCCCC(Cc1ccccc1)(Cc1ccccc1)C(=O)O. The van der Waals surface area contributed by atoms with Crippen molar-refractivity contribution in [1.29, 1.82) is 0 Å². The van der Waals surface area contributed by atoms with Gasteiger partial charge in [-0.25, -0.2) is 0 Å². The second kappa shape index (κ2) is 12.8. The number of carboxylic acids is 2. The van der Waals surface area contributed by atoms with Crippen molar-refractivity contribution in [2.75, 3.05) is 0 Å². The third-order valence-corrected chi connectivity index (χ3v) is 5.77. The lowest BCUT2D eigenvalue weighted by Gasteiger charge is -2.30. The van der Waals surface area contributed by atoms with Gasteiger partial charge in [-0.3, -0.25) is 9.59 Å². The zero-order valence-corrected chi connectivity index (χ0v) is 17.8. The highest BCUT2D eigenvalue weighted by molar-refractivity contribution is 5.75. The van der Waals surface area contributed by atoms with Gasteiger partial charge in [0.25, 0.3) is 0 Å². The third kappa shape index (κ3) is 8.40. The van der Waals surface area contributed by atoms with Crippen LogP contribution < -0.4 is 0 Å². The Kier molecular flexibility index (Phi) is 10.1. The normalized spacial score (nSPS) is 11.3. The average Bonchev–Trinajstić information content (AvgIpc) is 2.73. The van der Waals surface area contributed by atoms with Crippen LogP contribution in [-0.2, 0) is 22.4 Å². The lowest BCUT2D eigenvalue weighted by atomic mass is 9.73. The third-order valence-electron chi connectivity index (χ3n) is 5.77. The van der Waals surface area contributed by atoms with E-state index < -0.39 is 17.4 Å². The fourth-order valence-corrected chi connectivity index (χ4v) is 4.09. The van der Waals surface area contributed by atoms with Gasteiger partial charge < -0.3 is 10.2 Å². The molecule has 0 fully saturated rings. The molecule has 0 aromatic heterocycles. The van der Waals surface area contributed by atoms with Gasteiger partial charge in [-0.15, -0.1) is 0 Å². The second-order valence-corrected chi connectivity index (χ2v) is 8.28. The van der Waals surface area contributed by atoms with Crippen LogP contribution in [0, 0.1) is 5.41 Å². The first-order chi connectivity index (χ1) is 14.5. The van der Waals surface area contributed by atoms with Gasteiger partial charge in [0.1, 0.15) is 0 Å². The molecule has 162 valence electrons. The van der Waals surface area contributed by atoms with Gasteiger partial charge >= 0.3 is 11.9 Å². The van der Waals surface area contributed by atoms with Gasteiger partial charge in [0.05, 0.1) is 5.41 Å². The minimum absolute atomic E-state index is 0.250. The molecule has 0 radical (unpaired) electrons. The zero-order chi connectivity index (χ0) is 21.7. The minimum Gasteiger partial charge on any atom is -0.481 e. The molecule has 0 aliphatic rings. The van der Waals surface area contributed by atoms with E-state index >= 15 is 0 Å². The van der Waals surface area contributed by atoms with Gasteiger partial charge in [-0.05, 0) is 36.8 Å². The molecule has 0 aliphatic carbocycles. The molecule has 0 atom stereocenters. The number of carboxylic acid groups (broad SMARTS) is 2. The molecule has 2 N–H and O–H groups in total. The standard InChI is InChI=1S/C26H34O4/c27-24(28)18-12-4-2-1-3-5-13-19-26(25(29)30,20-22-14-8-6-9-15-22)21-23-16-10-7-11-17-23/h6-11,14-17H,1-5,12-13,18-21H2,(H,27,28)(H,29,30). The zero-order valence-electron chi connectivity index (χ0n) is 17.8. The summed E-state index contributed by atoms with van der Waals surface area (Å²) in [6.45, 7) is 0. The van der Waals surface area contributed by atoms with Crippen molar-refractivity contribution in [3.63, 3.8) is 0 Å². The highest BCUT2D eigenvalue weighted by Gasteiger charge is 2.38. The molecule has 0 bridgehead atoms. The smallest absolute Gasteiger partial charge is 0.310 e. The summed E-state index contributed by atoms with van der Waals surface area (Å²) in [6, 6.07) is 19.8. The van der Waals surface area contributed by atoms with Crippen molar-refractivity contribution in [1.82, 2.24) is 0 Å². The fraction of sp³-hybridized carbons (Fsp3) is 0.462. The maximum atomic E-state index is 12.5. The van der Waals surface area contributed by atoms with Gasteiger partial charge in [0, 0.05) is 6.42 Å². The number of unbranched alkanes of at least 4 members (excludes halogenated alkanes) is 6. The van der Waals surface area contributed by atoms with Crippen molar-refractivity contribution >= 4 is 11.9 Å². The van der Waals surface area contributed by atoms with Crippen LogP contribution in [0.5, 0.6) is 0 Å². The van der Waals surface area contributed by atoms with Crippen LogP contribution in [0.15, 0.2) is 60.7 Å². The van der Waals surface area contributed by atoms with Gasteiger partial charge in [0.15, 0.2) is 0 Å². The van der Waals surface area contributed by atoms with Gasteiger partial charge in [-0.1, -0.05) is 99.2 Å². The Labute approximate surface area is 180 Å². The van der Waals surface area contributed by atoms with E-state index in [4.69, 9.17) is 5.11 Å². The van der Waals surface area contributed by atoms with E-state index in [2.05, 4.69) is 0 Å². The van der Waals surface area contributed by atoms with Crippen LogP contribution in [0.3, 0.4) is 0 Å². The highest BCUT2D eigenvalue weighted by atomic mass is 16.4. The number of carbonyl (C=O) groups is 2. The van der Waals surface area contributed by atoms with Crippen molar-refractivity contribution in [2.24, 2.45) is 5.41 Å². The Hall–Kier alpha value is -2.62. The summed E-state index contributed by atoms with van der Waals surface area (Å²) in [5.41, 5.74) is 1.33. The van der Waals surface area contributed by atoms with Crippen LogP contribution in [-0.4, -0.2) is 22.2 Å². The van der Waals surface area contributed by atoms with E-state index in [9.17, 15) is 14.7 Å². The van der Waals surface area contributed by atoms with Crippen LogP contribution in [0.1, 0.15) is 68.9 Å². The van der Waals surface area contributed by atoms with Crippen molar-refractivity contribution in [2.45, 2.75) is 70.6 Å². The van der Waals surface area contributed by atoms with Gasteiger partial charge in [-0.2, -0.15) is 0 Å². The number of aliphatic carboxylic acids is 2. The monoisotopic (exact) mass is 410 g/mol. The van der Waals surface area contributed by atoms with Crippen molar-refractivity contribution in [3.8, 4) is 0 Å². The molecule has 0 aliphatic heterocycles. The Morgan fingerprint density at radius 3 is 1.50 bits per heavy atom. The van der Waals surface area contributed by atoms with Crippen LogP contribution in [0.4, 0.5) is 0 Å². The molecule has 0 heterocycles. The molecule has 2 aromatic rings. The molecule has 4 heteroatoms. The highest BCUT2D eigenvalue weighted by Crippen LogP contribution is 2.34. The lowest BCUT2D eigenvalue weighted by molar-refractivity contribution is -0.149. The molecule has 0 spiro atoms. The molecular formula is C26H34O4. The summed E-state index contributed by atoms with van der Waals surface area (Å²) >= 11 is 0. The van der Waals surface area contributed by atoms with E-state index in [1.54, 1.807) is 0 Å².